The predicted molar refractivity (Wildman–Crippen MR) is 92.6 cm³/mol. The van der Waals surface area contributed by atoms with E-state index in [9.17, 15) is 9.59 Å². The first-order valence-corrected chi connectivity index (χ1v) is 8.26. The molecular weight excluding hydrogens is 320 g/mol. The van der Waals surface area contributed by atoms with Crippen molar-refractivity contribution in [2.24, 2.45) is 0 Å². The number of carbonyl (C=O) groups excluding carboxylic acids is 2. The van der Waals surface area contributed by atoms with Crippen LogP contribution in [-0.4, -0.2) is 39.7 Å². The molecular formula is C18H18N4O3. The molecule has 1 fully saturated rings. The van der Waals surface area contributed by atoms with Crippen LogP contribution in [0.25, 0.3) is 10.9 Å². The predicted octanol–water partition coefficient (Wildman–Crippen LogP) is 2.54. The number of H-pyrrole nitrogens is 1. The molecule has 25 heavy (non-hydrogen) atoms. The quantitative estimate of drug-likeness (QED) is 0.565. The number of ether oxygens (including phenoxy) is 1. The van der Waals surface area contributed by atoms with Crippen LogP contribution in [0, 0.1) is 0 Å². The van der Waals surface area contributed by atoms with Crippen molar-refractivity contribution in [3.63, 3.8) is 0 Å². The molecule has 1 aromatic carbocycles. The van der Waals surface area contributed by atoms with Gasteiger partial charge in [-0.3, -0.25) is 14.3 Å². The number of rotatable bonds is 4. The van der Waals surface area contributed by atoms with Gasteiger partial charge in [0.25, 0.3) is 11.7 Å². The maximum atomic E-state index is 12.5. The number of benzene rings is 1. The van der Waals surface area contributed by atoms with Crippen LogP contribution in [0.1, 0.15) is 29.2 Å². The second-order valence-corrected chi connectivity index (χ2v) is 6.08. The Morgan fingerprint density at radius 1 is 1.24 bits per heavy atom. The number of aromatic amines is 1. The highest BCUT2D eigenvalue weighted by atomic mass is 16.5. The summed E-state index contributed by atoms with van der Waals surface area (Å²) in [7, 11) is 0. The highest BCUT2D eigenvalue weighted by molar-refractivity contribution is 6.48. The highest BCUT2D eigenvalue weighted by Crippen LogP contribution is 2.22. The van der Waals surface area contributed by atoms with Gasteiger partial charge in [-0.2, -0.15) is 5.10 Å². The van der Waals surface area contributed by atoms with E-state index in [1.807, 2.05) is 28.9 Å². The van der Waals surface area contributed by atoms with Crippen LogP contribution in [-0.2, 0) is 9.53 Å². The summed E-state index contributed by atoms with van der Waals surface area (Å²) in [6, 6.07) is 7.65. The molecule has 0 aliphatic carbocycles. The molecule has 128 valence electrons. The molecule has 2 N–H and O–H groups in total. The van der Waals surface area contributed by atoms with Crippen LogP contribution in [0.15, 0.2) is 42.9 Å². The molecule has 4 rings (SSSR count). The van der Waals surface area contributed by atoms with Gasteiger partial charge in [-0.05, 0) is 18.9 Å². The number of anilines is 1. The Hall–Kier alpha value is -2.93. The number of hydrogen-bond acceptors (Lipinski definition) is 4. The van der Waals surface area contributed by atoms with Gasteiger partial charge in [0.05, 0.1) is 23.5 Å². The summed E-state index contributed by atoms with van der Waals surface area (Å²) in [5, 5.41) is 7.67. The monoisotopic (exact) mass is 338 g/mol. The third-order valence-corrected chi connectivity index (χ3v) is 4.46. The zero-order valence-electron chi connectivity index (χ0n) is 13.6. The van der Waals surface area contributed by atoms with Gasteiger partial charge in [0, 0.05) is 36.5 Å². The first-order chi connectivity index (χ1) is 12.2. The third-order valence-electron chi connectivity index (χ3n) is 4.46. The minimum atomic E-state index is -0.670. The number of carbonyl (C=O) groups is 2. The molecule has 3 aromatic rings. The number of amides is 1. The molecule has 2 aromatic heterocycles. The van der Waals surface area contributed by atoms with E-state index >= 15 is 0 Å². The smallest absolute Gasteiger partial charge is 0.296 e. The summed E-state index contributed by atoms with van der Waals surface area (Å²) in [6.07, 6.45) is 6.68. The molecule has 0 bridgehead atoms. The Kier molecular flexibility index (Phi) is 4.07. The number of aromatic nitrogens is 3. The number of Topliss-reactive ketones (excluding diaryl/α,β-unsaturated/α-hetero) is 1. The van der Waals surface area contributed by atoms with Crippen LogP contribution in [0.5, 0.6) is 0 Å². The van der Waals surface area contributed by atoms with Crippen LogP contribution in [0.4, 0.5) is 5.69 Å². The Morgan fingerprint density at radius 3 is 2.88 bits per heavy atom. The Bertz CT molecular complexity index is 921. The van der Waals surface area contributed by atoms with Crippen LogP contribution in [0.2, 0.25) is 0 Å². The van der Waals surface area contributed by atoms with E-state index in [0.29, 0.717) is 24.5 Å². The molecule has 1 aliphatic rings. The Labute approximate surface area is 144 Å². The number of nitrogens with zero attached hydrogens (tertiary/aromatic N) is 2. The second-order valence-electron chi connectivity index (χ2n) is 6.08. The summed E-state index contributed by atoms with van der Waals surface area (Å²) in [5.41, 5.74) is 1.71. The molecule has 0 radical (unpaired) electrons. The van der Waals surface area contributed by atoms with Gasteiger partial charge in [0.15, 0.2) is 0 Å². The lowest BCUT2D eigenvalue weighted by molar-refractivity contribution is -0.112. The Balaban J connectivity index is 1.48. The van der Waals surface area contributed by atoms with E-state index in [1.54, 1.807) is 18.6 Å². The third kappa shape index (κ3) is 3.06. The van der Waals surface area contributed by atoms with Crippen molar-refractivity contribution in [1.82, 2.24) is 14.8 Å². The minimum Gasteiger partial charge on any atom is -0.381 e. The molecule has 0 atom stereocenters. The van der Waals surface area contributed by atoms with Crippen molar-refractivity contribution < 1.29 is 14.3 Å². The number of nitrogens with one attached hydrogen (secondary N) is 2. The van der Waals surface area contributed by atoms with Gasteiger partial charge in [0.1, 0.15) is 0 Å². The van der Waals surface area contributed by atoms with Gasteiger partial charge >= 0.3 is 0 Å². The van der Waals surface area contributed by atoms with Crippen molar-refractivity contribution in [3.8, 4) is 0 Å². The van der Waals surface area contributed by atoms with Crippen molar-refractivity contribution in [1.29, 1.82) is 0 Å². The number of para-hydroxylation sites is 1. The van der Waals surface area contributed by atoms with Gasteiger partial charge in [0.2, 0.25) is 0 Å². The van der Waals surface area contributed by atoms with Crippen molar-refractivity contribution in [2.45, 2.75) is 18.9 Å². The largest absolute Gasteiger partial charge is 0.381 e. The molecule has 7 heteroatoms. The fourth-order valence-corrected chi connectivity index (χ4v) is 3.12. The van der Waals surface area contributed by atoms with Gasteiger partial charge in [-0.25, -0.2) is 0 Å². The first kappa shape index (κ1) is 15.6. The average Bonchev–Trinajstić information content (AvgIpc) is 3.29. The van der Waals surface area contributed by atoms with Crippen molar-refractivity contribution in [2.75, 3.05) is 18.5 Å². The maximum absolute atomic E-state index is 12.5. The molecule has 1 amide bonds. The van der Waals surface area contributed by atoms with E-state index in [-0.39, 0.29) is 6.04 Å². The lowest BCUT2D eigenvalue weighted by Crippen LogP contribution is -2.22. The van der Waals surface area contributed by atoms with Gasteiger partial charge in [-0.1, -0.05) is 18.2 Å². The van der Waals surface area contributed by atoms with Gasteiger partial charge < -0.3 is 15.0 Å². The van der Waals surface area contributed by atoms with Crippen LogP contribution >= 0.6 is 0 Å². The second kappa shape index (κ2) is 6.52. The molecule has 0 unspecified atom stereocenters. The summed E-state index contributed by atoms with van der Waals surface area (Å²) in [5.74, 6) is -1.24. The van der Waals surface area contributed by atoms with E-state index in [0.717, 1.165) is 23.7 Å². The van der Waals surface area contributed by atoms with Crippen molar-refractivity contribution in [3.05, 3.63) is 48.4 Å². The Morgan fingerprint density at radius 2 is 2.04 bits per heavy atom. The van der Waals surface area contributed by atoms with Gasteiger partial charge in [-0.15, -0.1) is 0 Å². The number of hydrogen-bond donors (Lipinski definition) is 2. The lowest BCUT2D eigenvalue weighted by atomic mass is 10.1. The minimum absolute atomic E-state index is 0.267. The molecule has 7 nitrogen and oxygen atoms in total. The SMILES string of the molecule is O=C(Nc1cnn(C2CCOCC2)c1)C(=O)c1c[nH]c2ccccc12. The standard InChI is InChI=1S/C18H18N4O3/c23-17(15-10-19-16-4-2-1-3-14(15)16)18(24)21-12-9-20-22(11-12)13-5-7-25-8-6-13/h1-4,9-11,13,19H,5-8H2,(H,21,24). The average molecular weight is 338 g/mol. The number of ketones is 1. The molecule has 3 heterocycles. The highest BCUT2D eigenvalue weighted by Gasteiger charge is 2.21. The summed E-state index contributed by atoms with van der Waals surface area (Å²) >= 11 is 0. The van der Waals surface area contributed by atoms with E-state index in [4.69, 9.17) is 4.74 Å². The van der Waals surface area contributed by atoms with Crippen LogP contribution < -0.4 is 5.32 Å². The number of fused-ring (bicyclic) bond motifs is 1. The zero-order chi connectivity index (χ0) is 17.2. The lowest BCUT2D eigenvalue weighted by Gasteiger charge is -2.22. The van der Waals surface area contributed by atoms with E-state index in [2.05, 4.69) is 15.4 Å². The summed E-state index contributed by atoms with van der Waals surface area (Å²) in [6.45, 7) is 1.43. The van der Waals surface area contributed by atoms with E-state index in [1.165, 1.54) is 0 Å². The zero-order valence-corrected chi connectivity index (χ0v) is 13.6. The normalized spacial score (nSPS) is 15.4. The van der Waals surface area contributed by atoms with Crippen LogP contribution in [0.3, 0.4) is 0 Å². The maximum Gasteiger partial charge on any atom is 0.296 e. The van der Waals surface area contributed by atoms with Crippen molar-refractivity contribution >= 4 is 28.3 Å². The first-order valence-electron chi connectivity index (χ1n) is 8.26. The molecule has 1 saturated heterocycles. The topological polar surface area (TPSA) is 89.0 Å². The summed E-state index contributed by atoms with van der Waals surface area (Å²) < 4.78 is 7.17. The molecule has 1 aliphatic heterocycles. The van der Waals surface area contributed by atoms with E-state index < -0.39 is 11.7 Å². The fraction of sp³-hybridized carbons (Fsp3) is 0.278. The summed E-state index contributed by atoms with van der Waals surface area (Å²) in [4.78, 5) is 27.8. The fourth-order valence-electron chi connectivity index (χ4n) is 3.12. The molecule has 0 saturated carbocycles. The molecule has 0 spiro atoms.